The van der Waals surface area contributed by atoms with Crippen LogP contribution in [0.2, 0.25) is 0 Å². The lowest BCUT2D eigenvalue weighted by molar-refractivity contribution is 0.422. The van der Waals surface area contributed by atoms with Gasteiger partial charge in [0, 0.05) is 30.3 Å². The largest absolute Gasteiger partial charge is 0.381 e. The molecule has 2 aromatic heterocycles. The normalized spacial score (nSPS) is 21.4. The van der Waals surface area contributed by atoms with Gasteiger partial charge in [-0.15, -0.1) is 0 Å². The molecule has 3 rings (SSSR count). The number of hydrogen-bond donors (Lipinski definition) is 1. The zero-order chi connectivity index (χ0) is 14.3. The van der Waals surface area contributed by atoms with Gasteiger partial charge in [-0.3, -0.25) is 4.40 Å². The second-order valence-corrected chi connectivity index (χ2v) is 8.18. The van der Waals surface area contributed by atoms with Gasteiger partial charge in [0.05, 0.1) is 0 Å². The molecule has 0 bridgehead atoms. The van der Waals surface area contributed by atoms with Gasteiger partial charge in [0.2, 0.25) is 0 Å². The molecule has 1 aliphatic rings. The van der Waals surface area contributed by atoms with Gasteiger partial charge in [0.1, 0.15) is 5.65 Å². The lowest BCUT2D eigenvalue weighted by Gasteiger charge is -2.29. The van der Waals surface area contributed by atoms with E-state index in [9.17, 15) is 8.42 Å². The van der Waals surface area contributed by atoms with Crippen LogP contribution >= 0.6 is 11.8 Å². The molecule has 108 valence electrons. The molecule has 6 nitrogen and oxygen atoms in total. The molecule has 1 aliphatic heterocycles. The zero-order valence-corrected chi connectivity index (χ0v) is 12.7. The molecule has 0 spiro atoms. The average Bonchev–Trinajstić information content (AvgIpc) is 2.75. The van der Waals surface area contributed by atoms with Gasteiger partial charge in [-0.1, -0.05) is 13.0 Å². The summed E-state index contributed by atoms with van der Waals surface area (Å²) in [7, 11) is -3.61. The minimum atomic E-state index is -3.61. The van der Waals surface area contributed by atoms with Gasteiger partial charge < -0.3 is 5.73 Å². The Morgan fingerprint density at radius 1 is 1.45 bits per heavy atom. The summed E-state index contributed by atoms with van der Waals surface area (Å²) in [5.74, 6) is 0.860. The van der Waals surface area contributed by atoms with Crippen molar-refractivity contribution in [2.24, 2.45) is 0 Å². The minimum Gasteiger partial charge on any atom is -0.381 e. The van der Waals surface area contributed by atoms with Crippen LogP contribution in [0.3, 0.4) is 0 Å². The van der Waals surface area contributed by atoms with E-state index in [1.807, 2.05) is 6.92 Å². The van der Waals surface area contributed by atoms with E-state index in [1.165, 1.54) is 8.71 Å². The summed E-state index contributed by atoms with van der Waals surface area (Å²) in [6.45, 7) is 3.05. The van der Waals surface area contributed by atoms with Gasteiger partial charge >= 0.3 is 0 Å². The highest BCUT2D eigenvalue weighted by molar-refractivity contribution is 8.00. The fourth-order valence-electron chi connectivity index (χ4n) is 2.38. The Morgan fingerprint density at radius 2 is 2.25 bits per heavy atom. The first-order valence-electron chi connectivity index (χ1n) is 6.34. The number of nitrogens with zero attached hydrogens (tertiary/aromatic N) is 3. The van der Waals surface area contributed by atoms with Crippen LogP contribution in [0.4, 0.5) is 5.82 Å². The Labute approximate surface area is 122 Å². The second kappa shape index (κ2) is 4.94. The first kappa shape index (κ1) is 13.7. The Kier molecular flexibility index (Phi) is 3.39. The van der Waals surface area contributed by atoms with Crippen LogP contribution in [0.25, 0.3) is 5.65 Å². The van der Waals surface area contributed by atoms with Crippen molar-refractivity contribution in [2.45, 2.75) is 17.2 Å². The van der Waals surface area contributed by atoms with Crippen LogP contribution in [0.15, 0.2) is 29.4 Å². The van der Waals surface area contributed by atoms with Crippen molar-refractivity contribution in [1.82, 2.24) is 13.7 Å². The van der Waals surface area contributed by atoms with E-state index in [4.69, 9.17) is 5.73 Å². The number of nitrogens with two attached hydrogens (primary N) is 1. The molecule has 3 heterocycles. The lowest BCUT2D eigenvalue weighted by atomic mass is 10.4. The highest BCUT2D eigenvalue weighted by atomic mass is 32.2. The molecule has 1 saturated heterocycles. The van der Waals surface area contributed by atoms with E-state index in [-0.39, 0.29) is 10.8 Å². The van der Waals surface area contributed by atoms with E-state index in [0.717, 1.165) is 5.75 Å². The lowest BCUT2D eigenvalue weighted by Crippen LogP contribution is -2.41. The molecule has 0 aliphatic carbocycles. The third-order valence-electron chi connectivity index (χ3n) is 3.30. The Bertz CT molecular complexity index is 741. The van der Waals surface area contributed by atoms with Crippen molar-refractivity contribution in [3.05, 3.63) is 24.4 Å². The molecule has 2 N–H and O–H groups in total. The summed E-state index contributed by atoms with van der Waals surface area (Å²) >= 11 is 1.78. The molecule has 0 aromatic carbocycles. The van der Waals surface area contributed by atoms with Crippen LogP contribution in [0.5, 0.6) is 0 Å². The summed E-state index contributed by atoms with van der Waals surface area (Å²) in [5, 5.41) is 0.367. The molecule has 2 aromatic rings. The van der Waals surface area contributed by atoms with Crippen LogP contribution in [-0.2, 0) is 10.0 Å². The molecule has 8 heteroatoms. The van der Waals surface area contributed by atoms with E-state index >= 15 is 0 Å². The summed E-state index contributed by atoms with van der Waals surface area (Å²) < 4.78 is 28.6. The average molecular weight is 312 g/mol. The Hall–Kier alpha value is -1.25. The molecule has 1 atom stereocenters. The standard InChI is InChI=1S/C12H16N4O2S2/c1-9-8-15(6-7-19-9)20(17,18)12-11(13)14-10-4-2-3-5-16(10)12/h2-5,9H,6-8,13H2,1H3. The summed E-state index contributed by atoms with van der Waals surface area (Å²) in [6, 6.07) is 5.31. The van der Waals surface area contributed by atoms with Crippen LogP contribution < -0.4 is 5.73 Å². The monoisotopic (exact) mass is 312 g/mol. The number of imidazole rings is 1. The summed E-state index contributed by atoms with van der Waals surface area (Å²) in [4.78, 5) is 4.12. The number of nitrogen functional groups attached to an aromatic ring is 1. The molecule has 1 fully saturated rings. The maximum atomic E-state index is 12.8. The van der Waals surface area contributed by atoms with Crippen molar-refractivity contribution in [3.8, 4) is 0 Å². The minimum absolute atomic E-state index is 0.0575. The summed E-state index contributed by atoms with van der Waals surface area (Å²) in [6.07, 6.45) is 1.67. The maximum Gasteiger partial charge on any atom is 0.262 e. The molecule has 1 unspecified atom stereocenters. The van der Waals surface area contributed by atoms with Crippen molar-refractivity contribution in [3.63, 3.8) is 0 Å². The van der Waals surface area contributed by atoms with Crippen molar-refractivity contribution >= 4 is 33.3 Å². The van der Waals surface area contributed by atoms with Crippen LogP contribution in [-0.4, -0.2) is 46.2 Å². The van der Waals surface area contributed by atoms with Crippen molar-refractivity contribution in [1.29, 1.82) is 0 Å². The van der Waals surface area contributed by atoms with Gasteiger partial charge in [-0.25, -0.2) is 13.4 Å². The van der Waals surface area contributed by atoms with Gasteiger partial charge in [-0.05, 0) is 12.1 Å². The number of aromatic nitrogens is 2. The van der Waals surface area contributed by atoms with E-state index in [2.05, 4.69) is 4.98 Å². The molecule has 0 saturated carbocycles. The molecular formula is C12H16N4O2S2. The number of anilines is 1. The van der Waals surface area contributed by atoms with Crippen LogP contribution in [0.1, 0.15) is 6.92 Å². The first-order chi connectivity index (χ1) is 9.50. The number of fused-ring (bicyclic) bond motifs is 1. The fraction of sp³-hybridized carbons (Fsp3) is 0.417. The molecular weight excluding hydrogens is 296 g/mol. The smallest absolute Gasteiger partial charge is 0.262 e. The summed E-state index contributed by atoms with van der Waals surface area (Å²) in [5.41, 5.74) is 6.38. The predicted molar refractivity (Wildman–Crippen MR) is 80.3 cm³/mol. The molecule has 20 heavy (non-hydrogen) atoms. The second-order valence-electron chi connectivity index (χ2n) is 4.78. The molecule has 0 radical (unpaired) electrons. The fourth-order valence-corrected chi connectivity index (χ4v) is 5.31. The highest BCUT2D eigenvalue weighted by Crippen LogP contribution is 2.27. The zero-order valence-electron chi connectivity index (χ0n) is 11.1. The third-order valence-corrected chi connectivity index (χ3v) is 6.34. The Balaban J connectivity index is 2.11. The van der Waals surface area contributed by atoms with Gasteiger partial charge in [-0.2, -0.15) is 16.1 Å². The van der Waals surface area contributed by atoms with Crippen molar-refractivity contribution in [2.75, 3.05) is 24.6 Å². The van der Waals surface area contributed by atoms with Gasteiger partial charge in [0.15, 0.2) is 10.8 Å². The number of rotatable bonds is 2. The van der Waals surface area contributed by atoms with E-state index < -0.39 is 10.0 Å². The topological polar surface area (TPSA) is 80.7 Å². The maximum absolute atomic E-state index is 12.8. The molecule has 0 amide bonds. The van der Waals surface area contributed by atoms with E-state index in [0.29, 0.717) is 24.0 Å². The van der Waals surface area contributed by atoms with E-state index in [1.54, 1.807) is 36.2 Å². The highest BCUT2D eigenvalue weighted by Gasteiger charge is 2.33. The van der Waals surface area contributed by atoms with Crippen LogP contribution in [0, 0.1) is 0 Å². The Morgan fingerprint density at radius 3 is 3.00 bits per heavy atom. The quantitative estimate of drug-likeness (QED) is 0.896. The number of hydrogen-bond acceptors (Lipinski definition) is 5. The number of pyridine rings is 1. The SMILES string of the molecule is CC1CN(S(=O)(=O)c2c(N)nc3ccccn23)CCS1. The number of sulfonamides is 1. The first-order valence-corrected chi connectivity index (χ1v) is 8.83. The third kappa shape index (κ3) is 2.17. The number of thioether (sulfide) groups is 1. The van der Waals surface area contributed by atoms with Crippen molar-refractivity contribution < 1.29 is 8.42 Å². The van der Waals surface area contributed by atoms with Gasteiger partial charge in [0.25, 0.3) is 10.0 Å². The predicted octanol–water partition coefficient (Wildman–Crippen LogP) is 1.04.